The van der Waals surface area contributed by atoms with Gasteiger partial charge in [-0.3, -0.25) is 9.59 Å². The zero-order valence-electron chi connectivity index (χ0n) is 23.3. The van der Waals surface area contributed by atoms with Gasteiger partial charge in [0, 0.05) is 38.3 Å². The first-order valence-electron chi connectivity index (χ1n) is 13.1. The Kier molecular flexibility index (Phi) is 10.2. The molecule has 39 heavy (non-hydrogen) atoms. The predicted molar refractivity (Wildman–Crippen MR) is 154 cm³/mol. The summed E-state index contributed by atoms with van der Waals surface area (Å²) in [6, 6.07) is 17.0. The Balaban J connectivity index is 1.80. The van der Waals surface area contributed by atoms with Gasteiger partial charge in [0.2, 0.25) is 5.91 Å². The molecule has 0 fully saturated rings. The first-order chi connectivity index (χ1) is 18.6. The topological polar surface area (TPSA) is 88.2 Å². The van der Waals surface area contributed by atoms with Gasteiger partial charge in [-0.05, 0) is 66.8 Å². The van der Waals surface area contributed by atoms with E-state index in [0.717, 1.165) is 18.4 Å². The van der Waals surface area contributed by atoms with Crippen molar-refractivity contribution in [1.29, 1.82) is 0 Å². The lowest BCUT2D eigenvalue weighted by Gasteiger charge is -2.21. The van der Waals surface area contributed by atoms with Crippen molar-refractivity contribution < 1.29 is 18.7 Å². The van der Waals surface area contributed by atoms with Gasteiger partial charge in [0.25, 0.3) is 11.9 Å². The molecular formula is C31H37FN4O3. The van der Waals surface area contributed by atoms with Crippen LogP contribution in [-0.2, 0) is 11.2 Å². The molecule has 3 rings (SSSR count). The molecule has 0 unspecified atom stereocenters. The summed E-state index contributed by atoms with van der Waals surface area (Å²) >= 11 is 0. The van der Waals surface area contributed by atoms with Crippen LogP contribution < -0.4 is 10.5 Å². The number of aryl methyl sites for hydroxylation is 1. The molecule has 3 aromatic carbocycles. The molecule has 0 aliphatic carbocycles. The molecule has 0 radical (unpaired) electrons. The molecule has 7 nitrogen and oxygen atoms in total. The molecule has 2 N–H and O–H groups in total. The zero-order valence-corrected chi connectivity index (χ0v) is 23.3. The Hall–Kier alpha value is -4.20. The number of halogens is 1. The molecule has 0 saturated heterocycles. The molecule has 0 aliphatic rings. The van der Waals surface area contributed by atoms with Crippen LogP contribution >= 0.6 is 0 Å². The number of nitrogens with zero attached hydrogens (tertiary/aromatic N) is 3. The van der Waals surface area contributed by atoms with Crippen molar-refractivity contribution in [3.8, 4) is 16.9 Å². The molecule has 206 valence electrons. The molecule has 0 saturated carbocycles. The van der Waals surface area contributed by atoms with Gasteiger partial charge in [-0.25, -0.2) is 4.39 Å². The number of hydrogen-bond acceptors (Lipinski definition) is 4. The van der Waals surface area contributed by atoms with E-state index in [1.807, 2.05) is 26.8 Å². The first kappa shape index (κ1) is 29.4. The fourth-order valence-corrected chi connectivity index (χ4v) is 4.29. The van der Waals surface area contributed by atoms with E-state index in [-0.39, 0.29) is 24.3 Å². The van der Waals surface area contributed by atoms with E-state index in [9.17, 15) is 9.59 Å². The van der Waals surface area contributed by atoms with Crippen molar-refractivity contribution >= 4 is 23.5 Å². The Morgan fingerprint density at radius 2 is 1.67 bits per heavy atom. The van der Waals surface area contributed by atoms with Gasteiger partial charge < -0.3 is 20.3 Å². The number of nitrogens with two attached hydrogens (primary N) is 1. The summed E-state index contributed by atoms with van der Waals surface area (Å²) in [5.74, 6) is -0.210. The summed E-state index contributed by atoms with van der Waals surface area (Å²) in [4.78, 5) is 32.6. The van der Waals surface area contributed by atoms with Gasteiger partial charge in [0.15, 0.2) is 0 Å². The highest BCUT2D eigenvalue weighted by Gasteiger charge is 2.17. The molecule has 0 spiro atoms. The van der Waals surface area contributed by atoms with Crippen molar-refractivity contribution in [1.82, 2.24) is 9.80 Å². The third-order valence-corrected chi connectivity index (χ3v) is 6.23. The summed E-state index contributed by atoms with van der Waals surface area (Å²) in [5, 5.41) is 0. The number of amides is 2. The van der Waals surface area contributed by atoms with Gasteiger partial charge in [-0.15, -0.1) is 0 Å². The van der Waals surface area contributed by atoms with Crippen LogP contribution in [0.4, 0.5) is 10.1 Å². The Bertz CT molecular complexity index is 1350. The van der Waals surface area contributed by atoms with Crippen LogP contribution in [0.5, 0.6) is 5.75 Å². The Labute approximate surface area is 230 Å². The van der Waals surface area contributed by atoms with Gasteiger partial charge in [-0.1, -0.05) is 44.2 Å². The first-order valence-corrected chi connectivity index (χ1v) is 13.1. The van der Waals surface area contributed by atoms with Crippen molar-refractivity contribution in [2.75, 3.05) is 27.2 Å². The van der Waals surface area contributed by atoms with Crippen molar-refractivity contribution in [3.05, 3.63) is 83.2 Å². The summed E-state index contributed by atoms with van der Waals surface area (Å²) in [7, 11) is 3.40. The Morgan fingerprint density at radius 1 is 0.974 bits per heavy atom. The van der Waals surface area contributed by atoms with Gasteiger partial charge in [0.05, 0.1) is 12.1 Å². The Morgan fingerprint density at radius 3 is 2.28 bits per heavy atom. The normalized spacial score (nSPS) is 11.3. The standard InChI is InChI=1S/C31H37FN4O3/c1-6-16-36(17-7-2)29(37)20-23-13-12-22(19-27(23)32)26-10-8-9-11-28(26)39-31(33)34-24-14-15-25(21(3)18-24)30(38)35(4)5/h8-15,18-19H,6-7,16-17,20H2,1-5H3,(H2,33,34). The van der Waals surface area contributed by atoms with Crippen LogP contribution in [-0.4, -0.2) is 54.8 Å². The largest absolute Gasteiger partial charge is 0.425 e. The number of ether oxygens (including phenoxy) is 1. The van der Waals surface area contributed by atoms with Crippen LogP contribution in [0, 0.1) is 12.7 Å². The fraction of sp³-hybridized carbons (Fsp3) is 0.323. The molecular weight excluding hydrogens is 495 g/mol. The summed E-state index contributed by atoms with van der Waals surface area (Å²) in [5.41, 5.74) is 9.57. The monoisotopic (exact) mass is 532 g/mol. The highest BCUT2D eigenvalue weighted by Crippen LogP contribution is 2.31. The van der Waals surface area contributed by atoms with E-state index in [0.29, 0.717) is 46.8 Å². The molecule has 0 heterocycles. The maximum atomic E-state index is 15.1. The molecule has 3 aromatic rings. The van der Waals surface area contributed by atoms with E-state index < -0.39 is 5.82 Å². The minimum Gasteiger partial charge on any atom is -0.425 e. The lowest BCUT2D eigenvalue weighted by atomic mass is 10.0. The number of carbonyl (C=O) groups excluding carboxylic acids is 2. The molecule has 2 amide bonds. The number of carbonyl (C=O) groups is 2. The maximum Gasteiger partial charge on any atom is 0.292 e. The predicted octanol–water partition coefficient (Wildman–Crippen LogP) is 5.72. The second kappa shape index (κ2) is 13.6. The number of benzene rings is 3. The van der Waals surface area contributed by atoms with Crippen LogP contribution in [0.1, 0.15) is 48.2 Å². The minimum atomic E-state index is -0.451. The number of aliphatic imine (C=N–C) groups is 1. The average Bonchev–Trinajstić information content (AvgIpc) is 2.89. The number of hydrogen-bond donors (Lipinski definition) is 1. The lowest BCUT2D eigenvalue weighted by molar-refractivity contribution is -0.130. The van der Waals surface area contributed by atoms with Crippen LogP contribution in [0.2, 0.25) is 0 Å². The smallest absolute Gasteiger partial charge is 0.292 e. The van der Waals surface area contributed by atoms with Gasteiger partial charge in [0.1, 0.15) is 11.6 Å². The summed E-state index contributed by atoms with van der Waals surface area (Å²) < 4.78 is 21.0. The van der Waals surface area contributed by atoms with Crippen molar-refractivity contribution in [2.24, 2.45) is 10.7 Å². The van der Waals surface area contributed by atoms with Crippen molar-refractivity contribution in [3.63, 3.8) is 0 Å². The second-order valence-electron chi connectivity index (χ2n) is 9.61. The number of rotatable bonds is 10. The highest BCUT2D eigenvalue weighted by molar-refractivity contribution is 5.95. The lowest BCUT2D eigenvalue weighted by Crippen LogP contribution is -2.33. The van der Waals surface area contributed by atoms with E-state index in [1.165, 1.54) is 11.0 Å². The van der Waals surface area contributed by atoms with E-state index in [1.54, 1.807) is 67.5 Å². The highest BCUT2D eigenvalue weighted by atomic mass is 19.1. The quantitative estimate of drug-likeness (QED) is 0.267. The third kappa shape index (κ3) is 7.66. The molecule has 0 aliphatic heterocycles. The molecule has 0 bridgehead atoms. The number of para-hydroxylation sites is 1. The van der Waals surface area contributed by atoms with E-state index in [4.69, 9.17) is 10.5 Å². The van der Waals surface area contributed by atoms with Gasteiger partial charge >= 0.3 is 0 Å². The van der Waals surface area contributed by atoms with Crippen LogP contribution in [0.3, 0.4) is 0 Å². The molecule has 0 aromatic heterocycles. The zero-order chi connectivity index (χ0) is 28.5. The summed E-state index contributed by atoms with van der Waals surface area (Å²) in [6.45, 7) is 7.20. The maximum absolute atomic E-state index is 15.1. The van der Waals surface area contributed by atoms with Crippen LogP contribution in [0.25, 0.3) is 11.1 Å². The second-order valence-corrected chi connectivity index (χ2v) is 9.61. The third-order valence-electron chi connectivity index (χ3n) is 6.23. The molecule has 0 atom stereocenters. The summed E-state index contributed by atoms with van der Waals surface area (Å²) in [6.07, 6.45) is 1.73. The molecule has 8 heteroatoms. The SMILES string of the molecule is CCCN(CCC)C(=O)Cc1ccc(-c2ccccc2OC(N)=Nc2ccc(C(=O)N(C)C)c(C)c2)cc1F. The van der Waals surface area contributed by atoms with E-state index in [2.05, 4.69) is 4.99 Å². The van der Waals surface area contributed by atoms with Crippen molar-refractivity contribution in [2.45, 2.75) is 40.0 Å². The fourth-order valence-electron chi connectivity index (χ4n) is 4.29. The van der Waals surface area contributed by atoms with Gasteiger partial charge in [-0.2, -0.15) is 4.99 Å². The minimum absolute atomic E-state index is 0.0161. The van der Waals surface area contributed by atoms with Crippen LogP contribution in [0.15, 0.2) is 65.7 Å². The number of amidine groups is 1. The van der Waals surface area contributed by atoms with E-state index >= 15 is 4.39 Å². The average molecular weight is 533 g/mol.